The first-order valence-corrected chi connectivity index (χ1v) is 12.4. The van der Waals surface area contributed by atoms with Crippen molar-refractivity contribution in [1.29, 1.82) is 0 Å². The first-order chi connectivity index (χ1) is 18.0. The summed E-state index contributed by atoms with van der Waals surface area (Å²) in [6.45, 7) is 15.8. The minimum Gasteiger partial charge on any atom is -0.505 e. The van der Waals surface area contributed by atoms with E-state index < -0.39 is 5.82 Å². The van der Waals surface area contributed by atoms with E-state index in [1.165, 1.54) is 35.7 Å². The van der Waals surface area contributed by atoms with Crippen LogP contribution in [0.25, 0.3) is 11.2 Å². The van der Waals surface area contributed by atoms with Gasteiger partial charge in [-0.1, -0.05) is 32.9 Å². The van der Waals surface area contributed by atoms with Crippen LogP contribution in [-0.4, -0.2) is 39.4 Å². The molecule has 0 spiro atoms. The molecular formula is C28H40FN5O3. The standard InChI is InChI=1S/C20H22FN5O3.C4H8.C2H6.C2H4/c1-28-10-4-9-25-18-16(11-22-19(24-18)23-13-7-8-13)26(20(25)27)12-14-15(21)5-3-6-17(14)29-2;1-3-4-2;2*1-2/h3-6,10-11,13H,7-9,12H2,1-2H3,(H,22,23,24);3H,1,4H2,2H3;1-2H3;1-2H2/b10-4+;;;. The summed E-state index contributed by atoms with van der Waals surface area (Å²) in [5.41, 5.74) is 0.976. The van der Waals surface area contributed by atoms with Gasteiger partial charge in [-0.3, -0.25) is 9.13 Å². The lowest BCUT2D eigenvalue weighted by atomic mass is 10.2. The molecule has 1 aliphatic rings. The van der Waals surface area contributed by atoms with Gasteiger partial charge in [-0.05, 0) is 37.5 Å². The molecule has 2 aromatic heterocycles. The molecule has 2 heterocycles. The molecule has 9 heteroatoms. The maximum Gasteiger partial charge on any atom is 0.330 e. The van der Waals surface area contributed by atoms with Crippen LogP contribution in [-0.2, 0) is 17.8 Å². The molecule has 1 N–H and O–H groups in total. The van der Waals surface area contributed by atoms with Gasteiger partial charge in [0.15, 0.2) is 5.65 Å². The number of nitrogens with one attached hydrogen (secondary N) is 1. The van der Waals surface area contributed by atoms with E-state index >= 15 is 0 Å². The summed E-state index contributed by atoms with van der Waals surface area (Å²) in [5, 5.41) is 3.24. The molecule has 0 bridgehead atoms. The Bertz CT molecular complexity index is 1200. The summed E-state index contributed by atoms with van der Waals surface area (Å²) in [5.74, 6) is 0.416. The number of ether oxygens (including phenoxy) is 2. The highest BCUT2D eigenvalue weighted by Gasteiger charge is 2.23. The number of nitrogens with zero attached hydrogens (tertiary/aromatic N) is 4. The van der Waals surface area contributed by atoms with Gasteiger partial charge in [0.25, 0.3) is 0 Å². The topological polar surface area (TPSA) is 83.2 Å². The Morgan fingerprint density at radius 1 is 1.22 bits per heavy atom. The largest absolute Gasteiger partial charge is 0.505 e. The highest BCUT2D eigenvalue weighted by molar-refractivity contribution is 5.72. The third-order valence-electron chi connectivity index (χ3n) is 5.09. The molecule has 0 amide bonds. The Hall–Kier alpha value is -3.88. The molecule has 8 nitrogen and oxygen atoms in total. The van der Waals surface area contributed by atoms with Gasteiger partial charge in [0, 0.05) is 11.6 Å². The van der Waals surface area contributed by atoms with Crippen molar-refractivity contribution < 1.29 is 13.9 Å². The molecule has 202 valence electrons. The van der Waals surface area contributed by atoms with E-state index in [9.17, 15) is 9.18 Å². The van der Waals surface area contributed by atoms with Crippen molar-refractivity contribution in [3.63, 3.8) is 0 Å². The lowest BCUT2D eigenvalue weighted by Gasteiger charge is -2.10. The number of benzene rings is 1. The minimum absolute atomic E-state index is 0.00489. The molecule has 0 saturated heterocycles. The van der Waals surface area contributed by atoms with Crippen molar-refractivity contribution in [3.05, 3.63) is 84.4 Å². The quantitative estimate of drug-likeness (QED) is 0.282. The predicted octanol–water partition coefficient (Wildman–Crippen LogP) is 5.93. The average Bonchev–Trinajstić information content (AvgIpc) is 3.72. The van der Waals surface area contributed by atoms with E-state index in [0.717, 1.165) is 19.3 Å². The summed E-state index contributed by atoms with van der Waals surface area (Å²) in [4.78, 5) is 22.0. The van der Waals surface area contributed by atoms with Gasteiger partial charge in [-0.25, -0.2) is 14.2 Å². The van der Waals surface area contributed by atoms with E-state index in [1.54, 1.807) is 24.4 Å². The third kappa shape index (κ3) is 8.63. The Balaban J connectivity index is 0.000000767. The van der Waals surface area contributed by atoms with Gasteiger partial charge in [0.1, 0.15) is 17.1 Å². The Labute approximate surface area is 219 Å². The van der Waals surface area contributed by atoms with E-state index in [2.05, 4.69) is 41.9 Å². The Morgan fingerprint density at radius 2 is 1.89 bits per heavy atom. The molecule has 1 aliphatic carbocycles. The molecule has 0 unspecified atom stereocenters. The molecule has 1 fully saturated rings. The molecule has 0 radical (unpaired) electrons. The lowest BCUT2D eigenvalue weighted by Crippen LogP contribution is -2.25. The maximum absolute atomic E-state index is 14.5. The zero-order chi connectivity index (χ0) is 27.8. The summed E-state index contributed by atoms with van der Waals surface area (Å²) in [7, 11) is 3.01. The summed E-state index contributed by atoms with van der Waals surface area (Å²) in [6.07, 6.45) is 9.93. The van der Waals surface area contributed by atoms with Gasteiger partial charge < -0.3 is 14.8 Å². The number of hydrogen-bond donors (Lipinski definition) is 1. The molecule has 0 aliphatic heterocycles. The number of aromatic nitrogens is 4. The van der Waals surface area contributed by atoms with Crippen LogP contribution in [0.3, 0.4) is 0 Å². The monoisotopic (exact) mass is 513 g/mol. The molecule has 1 saturated carbocycles. The SMILES string of the molecule is C=C.C=CCC.CC.CO/C=C/Cn1c(=O)n(Cc2c(F)cccc2OC)c2cnc(NC3CC3)nc21. The zero-order valence-electron chi connectivity index (χ0n) is 22.7. The highest BCUT2D eigenvalue weighted by Crippen LogP contribution is 2.25. The second-order valence-corrected chi connectivity index (χ2v) is 7.53. The van der Waals surface area contributed by atoms with Crippen molar-refractivity contribution >= 4 is 17.1 Å². The first-order valence-electron chi connectivity index (χ1n) is 12.4. The van der Waals surface area contributed by atoms with Gasteiger partial charge in [0.05, 0.1) is 39.8 Å². The second kappa shape index (κ2) is 16.7. The van der Waals surface area contributed by atoms with E-state index in [0.29, 0.717) is 34.5 Å². The van der Waals surface area contributed by atoms with Crippen LogP contribution >= 0.6 is 0 Å². The number of rotatable bonds is 9. The highest BCUT2D eigenvalue weighted by atomic mass is 19.1. The third-order valence-corrected chi connectivity index (χ3v) is 5.09. The minimum atomic E-state index is -0.440. The van der Waals surface area contributed by atoms with Crippen LogP contribution in [0, 0.1) is 5.82 Å². The number of imidazole rings is 1. The van der Waals surface area contributed by atoms with Crippen molar-refractivity contribution in [2.45, 2.75) is 59.2 Å². The first kappa shape index (κ1) is 31.2. The van der Waals surface area contributed by atoms with Crippen molar-refractivity contribution in [3.8, 4) is 5.75 Å². The number of fused-ring (bicyclic) bond motifs is 1. The van der Waals surface area contributed by atoms with Crippen LogP contribution in [0.4, 0.5) is 10.3 Å². The van der Waals surface area contributed by atoms with Gasteiger partial charge in [-0.15, -0.1) is 19.7 Å². The normalized spacial score (nSPS) is 11.8. The van der Waals surface area contributed by atoms with E-state index in [1.807, 2.05) is 19.9 Å². The lowest BCUT2D eigenvalue weighted by molar-refractivity contribution is 0.336. The maximum atomic E-state index is 14.5. The van der Waals surface area contributed by atoms with Crippen LogP contribution in [0.1, 0.15) is 45.6 Å². The second-order valence-electron chi connectivity index (χ2n) is 7.53. The Morgan fingerprint density at radius 3 is 2.46 bits per heavy atom. The molecule has 3 aromatic rings. The smallest absolute Gasteiger partial charge is 0.330 e. The number of methoxy groups -OCH3 is 2. The van der Waals surface area contributed by atoms with Crippen molar-refractivity contribution in [2.75, 3.05) is 19.5 Å². The predicted molar refractivity (Wildman–Crippen MR) is 150 cm³/mol. The van der Waals surface area contributed by atoms with Crippen LogP contribution < -0.4 is 15.7 Å². The van der Waals surface area contributed by atoms with Crippen molar-refractivity contribution in [1.82, 2.24) is 19.1 Å². The average molecular weight is 514 g/mol. The van der Waals surface area contributed by atoms with Gasteiger partial charge in [0.2, 0.25) is 5.95 Å². The summed E-state index contributed by atoms with van der Waals surface area (Å²) < 4.78 is 27.6. The fourth-order valence-electron chi connectivity index (χ4n) is 3.18. The summed E-state index contributed by atoms with van der Waals surface area (Å²) >= 11 is 0. The summed E-state index contributed by atoms with van der Waals surface area (Å²) in [6, 6.07) is 4.96. The van der Waals surface area contributed by atoms with E-state index in [-0.39, 0.29) is 18.8 Å². The fraction of sp³-hybridized carbons (Fsp3) is 0.393. The van der Waals surface area contributed by atoms with Crippen LogP contribution in [0.5, 0.6) is 5.75 Å². The number of allylic oxidation sites excluding steroid dienone is 2. The van der Waals surface area contributed by atoms with Crippen LogP contribution in [0.15, 0.2) is 67.3 Å². The number of anilines is 1. The number of hydrogen-bond acceptors (Lipinski definition) is 6. The molecular weight excluding hydrogens is 473 g/mol. The van der Waals surface area contributed by atoms with E-state index in [4.69, 9.17) is 9.47 Å². The van der Waals surface area contributed by atoms with Gasteiger partial charge >= 0.3 is 5.69 Å². The molecule has 4 rings (SSSR count). The van der Waals surface area contributed by atoms with Gasteiger partial charge in [-0.2, -0.15) is 4.98 Å². The molecule has 1 aromatic carbocycles. The molecule has 37 heavy (non-hydrogen) atoms. The molecule has 0 atom stereocenters. The van der Waals surface area contributed by atoms with Crippen molar-refractivity contribution in [2.24, 2.45) is 0 Å². The fourth-order valence-corrected chi connectivity index (χ4v) is 3.18. The van der Waals surface area contributed by atoms with Crippen LogP contribution in [0.2, 0.25) is 0 Å². The number of halogens is 1. The zero-order valence-corrected chi connectivity index (χ0v) is 22.7. The Kier molecular flexibility index (Phi) is 14.1.